The Morgan fingerprint density at radius 1 is 1.08 bits per heavy atom. The molecule has 6 nitrogen and oxygen atoms in total. The quantitative estimate of drug-likeness (QED) is 0.292. The van der Waals surface area contributed by atoms with Crippen LogP contribution in [0, 0.1) is 0 Å². The van der Waals surface area contributed by atoms with Crippen LogP contribution in [0.3, 0.4) is 0 Å². The first kappa shape index (κ1) is 7.19. The van der Waals surface area contributed by atoms with Crippen molar-refractivity contribution in [2.45, 2.75) is 30.7 Å². The Balaban J connectivity index is 2.81. The molecule has 0 aliphatic carbocycles. The van der Waals surface area contributed by atoms with Crippen LogP contribution >= 0.6 is 0 Å². The molecule has 6 heteroatoms. The number of rotatable bonds is 1. The lowest BCUT2D eigenvalue weighted by Crippen LogP contribution is -2.58. The summed E-state index contributed by atoms with van der Waals surface area (Å²) < 4.78 is 18.1. The predicted molar refractivity (Wildman–Crippen MR) is 36.0 cm³/mol. The van der Waals surface area contributed by atoms with Gasteiger partial charge in [-0.2, -0.15) is 0 Å². The van der Waals surface area contributed by atoms with E-state index in [0.717, 1.165) is 0 Å². The molecule has 1 fully saturated rings. The van der Waals surface area contributed by atoms with E-state index in [1.165, 1.54) is 0 Å². The van der Waals surface area contributed by atoms with Crippen molar-refractivity contribution in [2.75, 3.05) is 6.56 Å². The zero-order chi connectivity index (χ0) is 11.1. The number of hydrogen-bond acceptors (Lipinski definition) is 6. The van der Waals surface area contributed by atoms with Crippen LogP contribution < -0.4 is 0 Å². The average Bonchev–Trinajstić information content (AvgIpc) is 2.06. The molecule has 0 saturated carbocycles. The molecule has 0 amide bonds. The van der Waals surface area contributed by atoms with Gasteiger partial charge in [0.15, 0.2) is 6.29 Å². The van der Waals surface area contributed by atoms with Crippen molar-refractivity contribution < 1.29 is 33.0 Å². The minimum Gasteiger partial charge on any atom is -0.394 e. The molecule has 1 rings (SSSR count). The molecule has 1 aliphatic heterocycles. The molecule has 0 aromatic carbocycles. The normalized spacial score (nSPS) is 52.9. The van der Waals surface area contributed by atoms with E-state index >= 15 is 0 Å². The van der Waals surface area contributed by atoms with Gasteiger partial charge in [-0.3, -0.25) is 0 Å². The summed E-state index contributed by atoms with van der Waals surface area (Å²) in [4.78, 5) is 0. The molecular weight excluding hydrogens is 168 g/mol. The van der Waals surface area contributed by atoms with Crippen LogP contribution in [0.25, 0.3) is 0 Å². The van der Waals surface area contributed by atoms with Crippen molar-refractivity contribution in [2.24, 2.45) is 0 Å². The SMILES string of the molecule is [2H]C([2H])(O)[C@@H]1OC(O)[C@@H](O)[C@H](O)[C@H]1O. The van der Waals surface area contributed by atoms with Gasteiger partial charge < -0.3 is 30.3 Å². The molecule has 1 saturated heterocycles. The summed E-state index contributed by atoms with van der Waals surface area (Å²) in [6, 6.07) is 0. The fourth-order valence-electron chi connectivity index (χ4n) is 0.968. The van der Waals surface area contributed by atoms with Crippen molar-refractivity contribution in [1.29, 1.82) is 0 Å². The predicted octanol–water partition coefficient (Wildman–Crippen LogP) is -3.22. The van der Waals surface area contributed by atoms with Gasteiger partial charge in [0.05, 0.1) is 9.30 Å². The van der Waals surface area contributed by atoms with Crippen LogP contribution in [0.2, 0.25) is 0 Å². The number of aliphatic hydroxyl groups is 5. The van der Waals surface area contributed by atoms with Gasteiger partial charge in [0, 0.05) is 0 Å². The maximum Gasteiger partial charge on any atom is 0.184 e. The summed E-state index contributed by atoms with van der Waals surface area (Å²) in [5.41, 5.74) is 0. The molecule has 0 radical (unpaired) electrons. The third kappa shape index (κ3) is 1.58. The Labute approximate surface area is 71.5 Å². The van der Waals surface area contributed by atoms with Gasteiger partial charge in [0.2, 0.25) is 0 Å². The van der Waals surface area contributed by atoms with E-state index in [1.807, 2.05) is 0 Å². The largest absolute Gasteiger partial charge is 0.394 e. The number of ether oxygens (including phenoxy) is 1. The Hall–Kier alpha value is -0.240. The van der Waals surface area contributed by atoms with Gasteiger partial charge in [-0.15, -0.1) is 0 Å². The Morgan fingerprint density at radius 3 is 2.17 bits per heavy atom. The van der Waals surface area contributed by atoms with E-state index in [-0.39, 0.29) is 0 Å². The van der Waals surface area contributed by atoms with Crippen LogP contribution in [-0.4, -0.2) is 62.8 Å². The van der Waals surface area contributed by atoms with Crippen LogP contribution in [0.15, 0.2) is 0 Å². The van der Waals surface area contributed by atoms with E-state index < -0.39 is 37.3 Å². The van der Waals surface area contributed by atoms with E-state index in [1.54, 1.807) is 0 Å². The minimum atomic E-state index is -2.92. The third-order valence-corrected chi connectivity index (χ3v) is 1.72. The Bertz CT molecular complexity index is 207. The summed E-state index contributed by atoms with van der Waals surface area (Å²) >= 11 is 0. The first-order valence-electron chi connectivity index (χ1n) is 4.35. The first-order chi connectivity index (χ1) is 6.25. The smallest absolute Gasteiger partial charge is 0.184 e. The summed E-state index contributed by atoms with van der Waals surface area (Å²) in [5, 5.41) is 45.2. The second kappa shape index (κ2) is 3.65. The average molecular weight is 182 g/mol. The van der Waals surface area contributed by atoms with Crippen LogP contribution in [-0.2, 0) is 4.74 Å². The zero-order valence-electron chi connectivity index (χ0n) is 8.03. The van der Waals surface area contributed by atoms with E-state index in [2.05, 4.69) is 4.74 Å². The summed E-state index contributed by atoms with van der Waals surface area (Å²) in [6.07, 6.45) is -8.97. The second-order valence-electron chi connectivity index (χ2n) is 2.55. The third-order valence-electron chi connectivity index (χ3n) is 1.72. The van der Waals surface area contributed by atoms with Gasteiger partial charge in [0.25, 0.3) is 0 Å². The zero-order valence-corrected chi connectivity index (χ0v) is 6.03. The van der Waals surface area contributed by atoms with Crippen LogP contribution in [0.1, 0.15) is 2.74 Å². The minimum absolute atomic E-state index is 1.73. The molecule has 0 bridgehead atoms. The lowest BCUT2D eigenvalue weighted by molar-refractivity contribution is -0.286. The fourth-order valence-corrected chi connectivity index (χ4v) is 0.968. The maximum absolute atomic E-state index is 9.22. The van der Waals surface area contributed by atoms with Crippen molar-refractivity contribution in [3.05, 3.63) is 0 Å². The molecule has 0 spiro atoms. The summed E-state index contributed by atoms with van der Waals surface area (Å²) in [6.45, 7) is -2.92. The van der Waals surface area contributed by atoms with Gasteiger partial charge in [-0.1, -0.05) is 0 Å². The summed E-state index contributed by atoms with van der Waals surface area (Å²) in [5.74, 6) is 0. The van der Waals surface area contributed by atoms with Crippen LogP contribution in [0.4, 0.5) is 0 Å². The van der Waals surface area contributed by atoms with E-state index in [4.69, 9.17) is 23.2 Å². The second-order valence-corrected chi connectivity index (χ2v) is 2.55. The molecule has 1 aliphatic rings. The Morgan fingerprint density at radius 2 is 1.67 bits per heavy atom. The molecular formula is C6H12O6. The standard InChI is InChI=1S/C6H12O6/c7-1-2-3(8)4(9)5(10)6(11)12-2/h2-11H,1H2/t2-,3-,4+,5-,6?/m0/s1/i1D2. The van der Waals surface area contributed by atoms with Crippen molar-refractivity contribution in [3.63, 3.8) is 0 Å². The lowest BCUT2D eigenvalue weighted by atomic mass is 10.00. The van der Waals surface area contributed by atoms with Crippen molar-refractivity contribution in [1.82, 2.24) is 0 Å². The molecule has 72 valence electrons. The fraction of sp³-hybridized carbons (Fsp3) is 1.00. The topological polar surface area (TPSA) is 110 Å². The van der Waals surface area contributed by atoms with Gasteiger partial charge >= 0.3 is 0 Å². The highest BCUT2D eigenvalue weighted by Crippen LogP contribution is 2.18. The highest BCUT2D eigenvalue weighted by atomic mass is 16.6. The molecule has 0 aromatic rings. The van der Waals surface area contributed by atoms with E-state index in [9.17, 15) is 5.11 Å². The van der Waals surface area contributed by atoms with Crippen molar-refractivity contribution in [3.8, 4) is 0 Å². The van der Waals surface area contributed by atoms with Crippen molar-refractivity contribution >= 4 is 0 Å². The molecule has 5 N–H and O–H groups in total. The van der Waals surface area contributed by atoms with E-state index in [0.29, 0.717) is 0 Å². The highest BCUT2D eigenvalue weighted by Gasteiger charge is 2.42. The monoisotopic (exact) mass is 182 g/mol. The number of aliphatic hydroxyl groups excluding tert-OH is 4. The molecule has 1 unspecified atom stereocenters. The van der Waals surface area contributed by atoms with Gasteiger partial charge in [0.1, 0.15) is 24.4 Å². The molecule has 5 atom stereocenters. The number of hydrogen-bond donors (Lipinski definition) is 5. The van der Waals surface area contributed by atoms with Gasteiger partial charge in [-0.25, -0.2) is 0 Å². The molecule has 0 aromatic heterocycles. The Kier molecular flexibility index (Phi) is 2.19. The highest BCUT2D eigenvalue weighted by molar-refractivity contribution is 4.87. The molecule has 1 heterocycles. The first-order valence-corrected chi connectivity index (χ1v) is 3.35. The molecule has 12 heavy (non-hydrogen) atoms. The van der Waals surface area contributed by atoms with Crippen LogP contribution in [0.5, 0.6) is 0 Å². The maximum atomic E-state index is 9.22. The van der Waals surface area contributed by atoms with Gasteiger partial charge in [-0.05, 0) is 0 Å². The lowest BCUT2D eigenvalue weighted by Gasteiger charge is -2.37. The summed E-state index contributed by atoms with van der Waals surface area (Å²) in [7, 11) is 0.